The van der Waals surface area contributed by atoms with Gasteiger partial charge in [0.15, 0.2) is 0 Å². The number of hydrogen-bond acceptors (Lipinski definition) is 5. The summed E-state index contributed by atoms with van der Waals surface area (Å²) in [6.45, 7) is 3.78. The number of hydrogen-bond donors (Lipinski definition) is 0. The lowest BCUT2D eigenvalue weighted by Crippen LogP contribution is -2.25. The van der Waals surface area contributed by atoms with E-state index >= 15 is 0 Å². The normalized spacial score (nSPS) is 13.9. The van der Waals surface area contributed by atoms with E-state index in [2.05, 4.69) is 46.3 Å². The molecule has 1 aliphatic carbocycles. The van der Waals surface area contributed by atoms with Gasteiger partial charge < -0.3 is 9.15 Å². The average Bonchev–Trinajstić information content (AvgIpc) is 3.47. The van der Waals surface area contributed by atoms with Crippen molar-refractivity contribution >= 4 is 0 Å². The van der Waals surface area contributed by atoms with Gasteiger partial charge in [-0.2, -0.15) is 0 Å². The van der Waals surface area contributed by atoms with Gasteiger partial charge in [0.25, 0.3) is 0 Å². The van der Waals surface area contributed by atoms with Crippen molar-refractivity contribution < 1.29 is 9.15 Å². The molecule has 5 nitrogen and oxygen atoms in total. The van der Waals surface area contributed by atoms with E-state index in [1.165, 1.54) is 24.0 Å². The Morgan fingerprint density at radius 1 is 0.963 bits per heavy atom. The van der Waals surface area contributed by atoms with E-state index in [0.717, 1.165) is 24.3 Å². The molecule has 0 atom stereocenters. The quantitative estimate of drug-likeness (QED) is 0.591. The first-order valence-corrected chi connectivity index (χ1v) is 9.54. The van der Waals surface area contributed by atoms with E-state index in [9.17, 15) is 0 Å². The number of aryl methyl sites for hydroxylation is 1. The van der Waals surface area contributed by atoms with Gasteiger partial charge in [0.2, 0.25) is 11.8 Å². The molecule has 0 bridgehead atoms. The molecule has 1 saturated carbocycles. The molecule has 2 aromatic carbocycles. The van der Waals surface area contributed by atoms with Crippen molar-refractivity contribution in [2.24, 2.45) is 0 Å². The van der Waals surface area contributed by atoms with E-state index < -0.39 is 0 Å². The standard InChI is InChI=1S/C22H25N3O2/c1-3-16-4-6-17(7-5-16)14-25(19-10-11-19)15-21-23-24-22(27-21)18-8-12-20(26-2)13-9-18/h4-9,12-13,19H,3,10-11,14-15H2,1-2H3. The Balaban J connectivity index is 1.45. The molecule has 0 radical (unpaired) electrons. The van der Waals surface area contributed by atoms with Crippen LogP contribution in [0, 0.1) is 0 Å². The van der Waals surface area contributed by atoms with Crippen molar-refractivity contribution in [2.45, 2.75) is 45.3 Å². The SMILES string of the molecule is CCc1ccc(CN(Cc2nnc(-c3ccc(OC)cc3)o2)C2CC2)cc1. The minimum atomic E-state index is 0.552. The zero-order valence-corrected chi connectivity index (χ0v) is 15.9. The fourth-order valence-electron chi connectivity index (χ4n) is 3.21. The third-order valence-corrected chi connectivity index (χ3v) is 5.02. The van der Waals surface area contributed by atoms with Crippen LogP contribution in [-0.2, 0) is 19.5 Å². The Hall–Kier alpha value is -2.66. The Kier molecular flexibility index (Phi) is 5.21. The van der Waals surface area contributed by atoms with E-state index in [1.54, 1.807) is 7.11 Å². The third kappa shape index (κ3) is 4.37. The summed E-state index contributed by atoms with van der Waals surface area (Å²) in [6.07, 6.45) is 3.56. The predicted octanol–water partition coefficient (Wildman–Crippen LogP) is 4.47. The van der Waals surface area contributed by atoms with Crippen molar-refractivity contribution in [3.05, 3.63) is 65.5 Å². The first-order valence-electron chi connectivity index (χ1n) is 9.54. The zero-order valence-electron chi connectivity index (χ0n) is 15.9. The van der Waals surface area contributed by atoms with Gasteiger partial charge in [-0.15, -0.1) is 10.2 Å². The second-order valence-electron chi connectivity index (χ2n) is 7.04. The van der Waals surface area contributed by atoms with Gasteiger partial charge in [0.05, 0.1) is 13.7 Å². The monoisotopic (exact) mass is 363 g/mol. The highest BCUT2D eigenvalue weighted by Crippen LogP contribution is 2.30. The first-order chi connectivity index (χ1) is 13.2. The molecule has 3 aromatic rings. The third-order valence-electron chi connectivity index (χ3n) is 5.02. The minimum Gasteiger partial charge on any atom is -0.497 e. The van der Waals surface area contributed by atoms with E-state index in [0.29, 0.717) is 24.4 Å². The molecule has 27 heavy (non-hydrogen) atoms. The fraction of sp³-hybridized carbons (Fsp3) is 0.364. The second kappa shape index (κ2) is 7.92. The molecule has 140 valence electrons. The molecule has 1 aliphatic rings. The average molecular weight is 363 g/mol. The van der Waals surface area contributed by atoms with Gasteiger partial charge in [0.1, 0.15) is 5.75 Å². The lowest BCUT2D eigenvalue weighted by molar-refractivity contribution is 0.221. The molecule has 1 fully saturated rings. The van der Waals surface area contributed by atoms with Crippen molar-refractivity contribution in [3.8, 4) is 17.2 Å². The summed E-state index contributed by atoms with van der Waals surface area (Å²) in [6, 6.07) is 17.2. The molecule has 1 aromatic heterocycles. The predicted molar refractivity (Wildman–Crippen MR) is 104 cm³/mol. The van der Waals surface area contributed by atoms with Crippen LogP contribution in [-0.4, -0.2) is 28.2 Å². The van der Waals surface area contributed by atoms with Crippen molar-refractivity contribution in [2.75, 3.05) is 7.11 Å². The largest absolute Gasteiger partial charge is 0.497 e. The van der Waals surface area contributed by atoms with Crippen LogP contribution < -0.4 is 4.74 Å². The number of rotatable bonds is 8. The van der Waals surface area contributed by atoms with Crippen molar-refractivity contribution in [1.82, 2.24) is 15.1 Å². The molecule has 0 aliphatic heterocycles. The molecular formula is C22H25N3O2. The maximum Gasteiger partial charge on any atom is 0.247 e. The van der Waals surface area contributed by atoms with Crippen LogP contribution in [0.4, 0.5) is 0 Å². The summed E-state index contributed by atoms with van der Waals surface area (Å²) in [5, 5.41) is 8.48. The lowest BCUT2D eigenvalue weighted by atomic mass is 10.1. The first kappa shape index (κ1) is 17.7. The second-order valence-corrected chi connectivity index (χ2v) is 7.04. The molecule has 0 spiro atoms. The Labute approximate surface area is 160 Å². The summed E-state index contributed by atoms with van der Waals surface area (Å²) in [4.78, 5) is 2.44. The van der Waals surface area contributed by atoms with E-state index in [-0.39, 0.29) is 0 Å². The summed E-state index contributed by atoms with van der Waals surface area (Å²) in [5.74, 6) is 2.03. The van der Waals surface area contributed by atoms with Crippen molar-refractivity contribution in [1.29, 1.82) is 0 Å². The van der Waals surface area contributed by atoms with Crippen molar-refractivity contribution in [3.63, 3.8) is 0 Å². The smallest absolute Gasteiger partial charge is 0.247 e. The van der Waals surface area contributed by atoms with Gasteiger partial charge in [0, 0.05) is 18.2 Å². The van der Waals surface area contributed by atoms with Crippen LogP contribution in [0.5, 0.6) is 5.75 Å². The number of aromatic nitrogens is 2. The zero-order chi connectivity index (χ0) is 18.6. The summed E-state index contributed by atoms with van der Waals surface area (Å²) >= 11 is 0. The van der Waals surface area contributed by atoms with Gasteiger partial charge in [-0.05, 0) is 54.7 Å². The van der Waals surface area contributed by atoms with Crippen LogP contribution in [0.2, 0.25) is 0 Å². The molecule has 0 amide bonds. The molecular weight excluding hydrogens is 338 g/mol. The highest BCUT2D eigenvalue weighted by atomic mass is 16.5. The van der Waals surface area contributed by atoms with Crippen LogP contribution >= 0.6 is 0 Å². The number of ether oxygens (including phenoxy) is 1. The Morgan fingerprint density at radius 3 is 2.30 bits per heavy atom. The van der Waals surface area contributed by atoms with Gasteiger partial charge in [-0.25, -0.2) is 0 Å². The van der Waals surface area contributed by atoms with Gasteiger partial charge in [-0.3, -0.25) is 4.90 Å². The molecule has 1 heterocycles. The maximum atomic E-state index is 5.92. The topological polar surface area (TPSA) is 51.4 Å². The molecule has 0 unspecified atom stereocenters. The van der Waals surface area contributed by atoms with Crippen LogP contribution in [0.1, 0.15) is 36.8 Å². The van der Waals surface area contributed by atoms with Crippen LogP contribution in [0.25, 0.3) is 11.5 Å². The van der Waals surface area contributed by atoms with Crippen LogP contribution in [0.3, 0.4) is 0 Å². The summed E-state index contributed by atoms with van der Waals surface area (Å²) in [7, 11) is 1.65. The fourth-order valence-corrected chi connectivity index (χ4v) is 3.21. The van der Waals surface area contributed by atoms with E-state index in [4.69, 9.17) is 9.15 Å². The Bertz CT molecular complexity index is 867. The maximum absolute atomic E-state index is 5.92. The number of nitrogens with zero attached hydrogens (tertiary/aromatic N) is 3. The van der Waals surface area contributed by atoms with E-state index in [1.807, 2.05) is 24.3 Å². The van der Waals surface area contributed by atoms with Gasteiger partial charge >= 0.3 is 0 Å². The summed E-state index contributed by atoms with van der Waals surface area (Å²) < 4.78 is 11.1. The molecule has 0 saturated heterocycles. The molecule has 0 N–H and O–H groups in total. The molecule has 5 heteroatoms. The summed E-state index contributed by atoms with van der Waals surface area (Å²) in [5.41, 5.74) is 3.61. The highest BCUT2D eigenvalue weighted by Gasteiger charge is 2.30. The minimum absolute atomic E-state index is 0.552. The lowest BCUT2D eigenvalue weighted by Gasteiger charge is -2.20. The Morgan fingerprint density at radius 2 is 1.67 bits per heavy atom. The number of benzene rings is 2. The number of methoxy groups -OCH3 is 1. The van der Waals surface area contributed by atoms with Crippen LogP contribution in [0.15, 0.2) is 52.9 Å². The van der Waals surface area contributed by atoms with Gasteiger partial charge in [-0.1, -0.05) is 31.2 Å². The highest BCUT2D eigenvalue weighted by molar-refractivity contribution is 5.53. The molecule has 4 rings (SSSR count).